The second-order valence-corrected chi connectivity index (χ2v) is 3.77. The molecule has 88 valence electrons. The molecule has 17 heavy (non-hydrogen) atoms. The van der Waals surface area contributed by atoms with Gasteiger partial charge in [0.05, 0.1) is 18.0 Å². The number of alkyl halides is 1. The fraction of sp³-hybridized carbons (Fsp3) is 0.333. The van der Waals surface area contributed by atoms with E-state index in [2.05, 4.69) is 15.9 Å². The van der Waals surface area contributed by atoms with Crippen molar-refractivity contribution in [2.75, 3.05) is 13.2 Å². The van der Waals surface area contributed by atoms with Crippen molar-refractivity contribution < 1.29 is 4.74 Å². The summed E-state index contributed by atoms with van der Waals surface area (Å²) in [5, 5.41) is 3.20. The molecule has 0 bridgehead atoms. The largest absolute Gasteiger partial charge is 0.368 e. The van der Waals surface area contributed by atoms with Crippen LogP contribution < -0.4 is 0 Å². The van der Waals surface area contributed by atoms with Crippen LogP contribution in [0.3, 0.4) is 0 Å². The van der Waals surface area contributed by atoms with Crippen LogP contribution >= 0.6 is 11.6 Å². The predicted octanol–water partition coefficient (Wildman–Crippen LogP) is 3.30. The molecular weight excluding hydrogens is 238 g/mol. The second kappa shape index (κ2) is 7.59. The highest BCUT2D eigenvalue weighted by atomic mass is 35.5. The first-order chi connectivity index (χ1) is 8.29. The Morgan fingerprint density at radius 2 is 2.18 bits per heavy atom. The second-order valence-electron chi connectivity index (χ2n) is 3.30. The van der Waals surface area contributed by atoms with Crippen molar-refractivity contribution in [1.29, 1.82) is 0 Å². The van der Waals surface area contributed by atoms with E-state index in [1.807, 2.05) is 30.3 Å². The molecule has 1 aromatic rings. The van der Waals surface area contributed by atoms with Gasteiger partial charge in [-0.15, -0.1) is 18.0 Å². The lowest BCUT2D eigenvalue weighted by Gasteiger charge is -2.17. The topological polar surface area (TPSA) is 58.0 Å². The molecule has 0 amide bonds. The number of ether oxygens (including phenoxy) is 1. The van der Waals surface area contributed by atoms with Gasteiger partial charge in [0, 0.05) is 4.91 Å². The van der Waals surface area contributed by atoms with E-state index in [1.54, 1.807) is 0 Å². The van der Waals surface area contributed by atoms with Crippen LogP contribution in [0.15, 0.2) is 35.4 Å². The number of terminal acetylenes is 1. The highest BCUT2D eigenvalue weighted by molar-refractivity contribution is 6.21. The van der Waals surface area contributed by atoms with E-state index in [9.17, 15) is 0 Å². The lowest BCUT2D eigenvalue weighted by atomic mass is 10.1. The van der Waals surface area contributed by atoms with E-state index in [0.29, 0.717) is 0 Å². The molecule has 0 aliphatic carbocycles. The van der Waals surface area contributed by atoms with Crippen LogP contribution in [0, 0.1) is 12.3 Å². The Balaban J connectivity index is 2.70. The Bertz CT molecular complexity index is 423. The molecule has 1 rings (SSSR count). The maximum Gasteiger partial charge on any atom is 0.107 e. The first-order valence-corrected chi connectivity index (χ1v) is 5.47. The van der Waals surface area contributed by atoms with Gasteiger partial charge in [0.2, 0.25) is 0 Å². The summed E-state index contributed by atoms with van der Waals surface area (Å²) in [7, 11) is 0. The Morgan fingerprint density at radius 1 is 1.47 bits per heavy atom. The Kier molecular flexibility index (Phi) is 5.98. The van der Waals surface area contributed by atoms with Gasteiger partial charge >= 0.3 is 0 Å². The minimum atomic E-state index is -0.475. The van der Waals surface area contributed by atoms with Crippen LogP contribution in [0.5, 0.6) is 0 Å². The zero-order valence-electron chi connectivity index (χ0n) is 9.16. The number of benzene rings is 1. The van der Waals surface area contributed by atoms with Gasteiger partial charge in [0.15, 0.2) is 0 Å². The number of rotatable bonds is 6. The van der Waals surface area contributed by atoms with Gasteiger partial charge in [-0.3, -0.25) is 0 Å². The Morgan fingerprint density at radius 3 is 2.76 bits per heavy atom. The van der Waals surface area contributed by atoms with Crippen LogP contribution in [0.25, 0.3) is 10.4 Å². The zero-order valence-corrected chi connectivity index (χ0v) is 9.92. The highest BCUT2D eigenvalue weighted by Gasteiger charge is 2.19. The van der Waals surface area contributed by atoms with Crippen LogP contribution in [0.1, 0.15) is 10.9 Å². The fourth-order valence-electron chi connectivity index (χ4n) is 1.34. The van der Waals surface area contributed by atoms with Crippen LogP contribution in [0.4, 0.5) is 0 Å². The smallest absolute Gasteiger partial charge is 0.107 e. The van der Waals surface area contributed by atoms with Crippen molar-refractivity contribution in [1.82, 2.24) is 0 Å². The molecule has 0 fully saturated rings. The SMILES string of the molecule is C#CCOCC(N=[N+]=[N-])C(Cl)c1ccccc1. The molecule has 5 heteroatoms. The quantitative estimate of drug-likeness (QED) is 0.191. The maximum absolute atomic E-state index is 8.49. The maximum atomic E-state index is 8.49. The molecule has 0 spiro atoms. The highest BCUT2D eigenvalue weighted by Crippen LogP contribution is 2.26. The monoisotopic (exact) mass is 249 g/mol. The van der Waals surface area contributed by atoms with Gasteiger partial charge in [0.1, 0.15) is 6.61 Å². The van der Waals surface area contributed by atoms with Crippen molar-refractivity contribution in [2.45, 2.75) is 11.4 Å². The fourth-order valence-corrected chi connectivity index (χ4v) is 1.61. The van der Waals surface area contributed by atoms with Crippen molar-refractivity contribution in [3.8, 4) is 12.3 Å². The zero-order chi connectivity index (χ0) is 12.5. The van der Waals surface area contributed by atoms with E-state index in [-0.39, 0.29) is 13.2 Å². The third-order valence-electron chi connectivity index (χ3n) is 2.13. The Labute approximate surface area is 105 Å². The first kappa shape index (κ1) is 13.4. The van der Waals surface area contributed by atoms with Crippen molar-refractivity contribution in [3.63, 3.8) is 0 Å². The Hall–Kier alpha value is -1.66. The summed E-state index contributed by atoms with van der Waals surface area (Å²) in [6.45, 7) is 0.382. The first-order valence-electron chi connectivity index (χ1n) is 5.04. The minimum Gasteiger partial charge on any atom is -0.368 e. The summed E-state index contributed by atoms with van der Waals surface area (Å²) < 4.78 is 5.15. The molecular formula is C12H12ClN3O. The molecule has 0 radical (unpaired) electrons. The number of nitrogens with zero attached hydrogens (tertiary/aromatic N) is 3. The van der Waals surface area contributed by atoms with Gasteiger partial charge < -0.3 is 4.74 Å². The summed E-state index contributed by atoms with van der Waals surface area (Å²) in [4.78, 5) is 2.77. The van der Waals surface area contributed by atoms with E-state index in [4.69, 9.17) is 28.3 Å². The molecule has 0 aliphatic rings. The molecule has 2 unspecified atom stereocenters. The van der Waals surface area contributed by atoms with Crippen molar-refractivity contribution in [2.24, 2.45) is 5.11 Å². The summed E-state index contributed by atoms with van der Waals surface area (Å²) in [6, 6.07) is 8.92. The molecule has 0 heterocycles. The third kappa shape index (κ3) is 4.38. The lowest BCUT2D eigenvalue weighted by molar-refractivity contribution is 0.150. The van der Waals surface area contributed by atoms with Crippen molar-refractivity contribution >= 4 is 11.6 Å². The van der Waals surface area contributed by atoms with Gasteiger partial charge in [-0.05, 0) is 11.1 Å². The average Bonchev–Trinajstić information content (AvgIpc) is 2.38. The summed E-state index contributed by atoms with van der Waals surface area (Å²) in [5.41, 5.74) is 9.38. The van der Waals surface area contributed by atoms with Crippen LogP contribution in [0.2, 0.25) is 0 Å². The van der Waals surface area contributed by atoms with Gasteiger partial charge in [-0.1, -0.05) is 41.4 Å². The van der Waals surface area contributed by atoms with Gasteiger partial charge in [0.25, 0.3) is 0 Å². The summed E-state index contributed by atoms with van der Waals surface area (Å²) >= 11 is 6.23. The summed E-state index contributed by atoms with van der Waals surface area (Å²) in [6.07, 6.45) is 5.06. The normalized spacial score (nSPS) is 13.2. The van der Waals surface area contributed by atoms with Crippen molar-refractivity contribution in [3.05, 3.63) is 46.3 Å². The van der Waals surface area contributed by atoms with E-state index in [0.717, 1.165) is 5.56 Å². The molecule has 1 aromatic carbocycles. The molecule has 0 aliphatic heterocycles. The standard InChI is InChI=1S/C12H12ClN3O/c1-2-8-17-9-11(15-16-14)12(13)10-6-4-3-5-7-10/h1,3-7,11-12H,8-9H2. The number of halogens is 1. The third-order valence-corrected chi connectivity index (χ3v) is 2.67. The minimum absolute atomic E-state index is 0.176. The number of hydrogen-bond acceptors (Lipinski definition) is 2. The number of hydrogen-bond donors (Lipinski definition) is 0. The van der Waals surface area contributed by atoms with Crippen LogP contribution in [-0.2, 0) is 4.74 Å². The van der Waals surface area contributed by atoms with Gasteiger partial charge in [-0.25, -0.2) is 0 Å². The van der Waals surface area contributed by atoms with Gasteiger partial charge in [-0.2, -0.15) is 0 Å². The molecule has 0 saturated carbocycles. The molecule has 4 nitrogen and oxygen atoms in total. The van der Waals surface area contributed by atoms with Crippen LogP contribution in [-0.4, -0.2) is 19.3 Å². The predicted molar refractivity (Wildman–Crippen MR) is 67.6 cm³/mol. The molecule has 0 aromatic heterocycles. The summed E-state index contributed by atoms with van der Waals surface area (Å²) in [5.74, 6) is 2.34. The van der Waals surface area contributed by atoms with E-state index >= 15 is 0 Å². The molecule has 0 saturated heterocycles. The van der Waals surface area contributed by atoms with E-state index < -0.39 is 11.4 Å². The molecule has 2 atom stereocenters. The van der Waals surface area contributed by atoms with E-state index in [1.165, 1.54) is 0 Å². The number of azide groups is 1. The molecule has 0 N–H and O–H groups in total. The average molecular weight is 250 g/mol. The lowest BCUT2D eigenvalue weighted by Crippen LogP contribution is -2.18.